The zero-order valence-electron chi connectivity index (χ0n) is 26.7. The standard InChI is InChI=1S/C33H37F5N2O6S/c1-20(2)45-28(41)19-25-21(3)39-31(46-47(42,43)33(36,37)38)29(30(25)40-15-13-32(4,5)14-16-40)23-8-11-27(26(35)18-23)44-17-12-22-6-9-24(34)10-7-22/h6-11,18,20H,12-17,19H2,1-5H3. The second-order valence-corrected chi connectivity index (χ2v) is 14.0. The summed E-state index contributed by atoms with van der Waals surface area (Å²) in [6, 6.07) is 9.30. The maximum absolute atomic E-state index is 15.6. The molecule has 0 bridgehead atoms. The van der Waals surface area contributed by atoms with Crippen molar-refractivity contribution in [3.8, 4) is 22.8 Å². The normalized spacial score (nSPS) is 15.1. The van der Waals surface area contributed by atoms with Crippen LogP contribution in [0.2, 0.25) is 0 Å². The third-order valence-electron chi connectivity index (χ3n) is 7.82. The lowest BCUT2D eigenvalue weighted by molar-refractivity contribution is -0.146. The molecule has 4 rings (SSSR count). The van der Waals surface area contributed by atoms with Crippen molar-refractivity contribution in [3.05, 3.63) is 70.9 Å². The fraction of sp³-hybridized carbons (Fsp3) is 0.455. The fourth-order valence-corrected chi connectivity index (χ4v) is 5.64. The van der Waals surface area contributed by atoms with Crippen molar-refractivity contribution >= 4 is 21.8 Å². The number of pyridine rings is 1. The molecule has 0 spiro atoms. The number of piperidine rings is 1. The van der Waals surface area contributed by atoms with Crippen molar-refractivity contribution in [2.24, 2.45) is 5.41 Å². The van der Waals surface area contributed by atoms with E-state index in [1.165, 1.54) is 31.2 Å². The van der Waals surface area contributed by atoms with Gasteiger partial charge in [-0.15, -0.1) is 0 Å². The summed E-state index contributed by atoms with van der Waals surface area (Å²) in [7, 11) is -6.19. The first-order valence-electron chi connectivity index (χ1n) is 15.0. The Bertz CT molecular complexity index is 1700. The largest absolute Gasteiger partial charge is 0.534 e. The molecule has 2 aromatic carbocycles. The van der Waals surface area contributed by atoms with E-state index < -0.39 is 45.2 Å². The molecule has 47 heavy (non-hydrogen) atoms. The SMILES string of the molecule is Cc1nc(OS(=O)(=O)C(F)(F)F)c(-c2ccc(OCCc3ccc(F)cc3)c(F)c2)c(N2CCC(C)(C)CC2)c1CC(=O)OC(C)C. The van der Waals surface area contributed by atoms with Crippen LogP contribution in [0.25, 0.3) is 11.1 Å². The van der Waals surface area contributed by atoms with Gasteiger partial charge in [-0.1, -0.05) is 32.0 Å². The molecule has 0 N–H and O–H groups in total. The Morgan fingerprint density at radius 1 is 1.04 bits per heavy atom. The summed E-state index contributed by atoms with van der Waals surface area (Å²) in [5.74, 6) is -3.02. The Morgan fingerprint density at radius 2 is 1.68 bits per heavy atom. The van der Waals surface area contributed by atoms with Gasteiger partial charge < -0.3 is 18.6 Å². The predicted molar refractivity (Wildman–Crippen MR) is 166 cm³/mol. The van der Waals surface area contributed by atoms with Gasteiger partial charge in [-0.25, -0.2) is 13.8 Å². The number of carbonyl (C=O) groups excluding carboxylic acids is 1. The van der Waals surface area contributed by atoms with Crippen molar-refractivity contribution in [3.63, 3.8) is 0 Å². The number of alkyl halides is 3. The molecule has 1 aliphatic heterocycles. The molecule has 0 unspecified atom stereocenters. The van der Waals surface area contributed by atoms with Gasteiger partial charge in [0.1, 0.15) is 5.82 Å². The van der Waals surface area contributed by atoms with Crippen LogP contribution in [-0.2, 0) is 32.5 Å². The first-order valence-corrected chi connectivity index (χ1v) is 16.4. The molecule has 1 fully saturated rings. The van der Waals surface area contributed by atoms with E-state index in [9.17, 15) is 30.8 Å². The number of aromatic nitrogens is 1. The number of anilines is 1. The minimum atomic E-state index is -6.19. The van der Waals surface area contributed by atoms with Crippen molar-refractivity contribution in [2.45, 2.75) is 71.9 Å². The van der Waals surface area contributed by atoms with E-state index >= 15 is 4.39 Å². The summed E-state index contributed by atoms with van der Waals surface area (Å²) in [5, 5.41) is 0. The minimum absolute atomic E-state index is 0.0309. The number of halogens is 5. The molecule has 3 aromatic rings. The van der Waals surface area contributed by atoms with Gasteiger partial charge in [0.15, 0.2) is 11.6 Å². The highest BCUT2D eigenvalue weighted by molar-refractivity contribution is 7.88. The molecule has 2 heterocycles. The van der Waals surface area contributed by atoms with E-state index in [1.807, 2.05) is 4.90 Å². The molecule has 1 aliphatic rings. The van der Waals surface area contributed by atoms with Gasteiger partial charge in [0.25, 0.3) is 0 Å². The monoisotopic (exact) mass is 684 g/mol. The average molecular weight is 685 g/mol. The number of rotatable bonds is 11. The van der Waals surface area contributed by atoms with E-state index in [1.54, 1.807) is 26.0 Å². The Hall–Kier alpha value is -3.94. The van der Waals surface area contributed by atoms with Gasteiger partial charge in [0, 0.05) is 30.8 Å². The van der Waals surface area contributed by atoms with E-state index in [0.717, 1.165) is 11.6 Å². The predicted octanol–water partition coefficient (Wildman–Crippen LogP) is 7.31. The molecule has 0 atom stereocenters. The minimum Gasteiger partial charge on any atom is -0.490 e. The highest BCUT2D eigenvalue weighted by Gasteiger charge is 2.49. The van der Waals surface area contributed by atoms with Crippen LogP contribution in [0.4, 0.5) is 27.6 Å². The maximum Gasteiger partial charge on any atom is 0.534 e. The molecule has 14 heteroatoms. The van der Waals surface area contributed by atoms with Gasteiger partial charge in [-0.2, -0.15) is 21.6 Å². The van der Waals surface area contributed by atoms with Crippen molar-refractivity contribution in [1.29, 1.82) is 0 Å². The van der Waals surface area contributed by atoms with Crippen LogP contribution in [0.15, 0.2) is 42.5 Å². The number of carbonyl (C=O) groups is 1. The smallest absolute Gasteiger partial charge is 0.490 e. The van der Waals surface area contributed by atoms with Crippen LogP contribution in [0.1, 0.15) is 57.4 Å². The van der Waals surface area contributed by atoms with Crippen LogP contribution in [0.3, 0.4) is 0 Å². The summed E-state index contributed by atoms with van der Waals surface area (Å²) in [4.78, 5) is 18.8. The Kier molecular flexibility index (Phi) is 10.7. The molecule has 8 nitrogen and oxygen atoms in total. The number of hydrogen-bond acceptors (Lipinski definition) is 8. The zero-order chi connectivity index (χ0) is 34.7. The van der Waals surface area contributed by atoms with Crippen LogP contribution >= 0.6 is 0 Å². The van der Waals surface area contributed by atoms with Crippen molar-refractivity contribution in [2.75, 3.05) is 24.6 Å². The molecule has 1 aromatic heterocycles. The van der Waals surface area contributed by atoms with Crippen LogP contribution in [0.5, 0.6) is 11.6 Å². The van der Waals surface area contributed by atoms with E-state index in [2.05, 4.69) is 23.0 Å². The highest BCUT2D eigenvalue weighted by Crippen LogP contribution is 2.46. The Morgan fingerprint density at radius 3 is 2.26 bits per heavy atom. The topological polar surface area (TPSA) is 95.0 Å². The number of nitrogens with zero attached hydrogens (tertiary/aromatic N) is 2. The first kappa shape index (κ1) is 35.9. The molecular formula is C33H37F5N2O6S. The number of benzene rings is 2. The molecule has 256 valence electrons. The molecule has 0 amide bonds. The number of ether oxygens (including phenoxy) is 2. The van der Waals surface area contributed by atoms with Crippen LogP contribution in [0, 0.1) is 24.0 Å². The quantitative estimate of drug-likeness (QED) is 0.0899. The first-order chi connectivity index (χ1) is 21.9. The zero-order valence-corrected chi connectivity index (χ0v) is 27.5. The summed E-state index contributed by atoms with van der Waals surface area (Å²) in [6.45, 7) is 9.70. The van der Waals surface area contributed by atoms with Crippen molar-refractivity contribution < 1.29 is 48.8 Å². The number of esters is 1. The van der Waals surface area contributed by atoms with Gasteiger partial charge in [0.05, 0.1) is 30.4 Å². The van der Waals surface area contributed by atoms with Gasteiger partial charge in [-0.05, 0) is 74.4 Å². The Labute approximate surface area is 271 Å². The van der Waals surface area contributed by atoms with Crippen LogP contribution < -0.4 is 13.8 Å². The second kappa shape index (κ2) is 14.0. The van der Waals surface area contributed by atoms with Crippen molar-refractivity contribution in [1.82, 2.24) is 4.98 Å². The maximum atomic E-state index is 15.6. The summed E-state index contributed by atoms with van der Waals surface area (Å²) in [5.41, 5.74) is -4.84. The molecular weight excluding hydrogens is 647 g/mol. The third kappa shape index (κ3) is 8.91. The van der Waals surface area contributed by atoms with E-state index in [0.29, 0.717) is 32.4 Å². The third-order valence-corrected chi connectivity index (χ3v) is 8.76. The molecule has 0 radical (unpaired) electrons. The van der Waals surface area contributed by atoms with Gasteiger partial charge in [0.2, 0.25) is 5.88 Å². The van der Waals surface area contributed by atoms with E-state index in [-0.39, 0.29) is 52.3 Å². The molecule has 0 aliphatic carbocycles. The van der Waals surface area contributed by atoms with Crippen LogP contribution in [-0.4, -0.2) is 50.7 Å². The fourth-order valence-electron chi connectivity index (χ4n) is 5.22. The second-order valence-electron chi connectivity index (χ2n) is 12.4. The lowest BCUT2D eigenvalue weighted by Gasteiger charge is -2.40. The number of hydrogen-bond donors (Lipinski definition) is 0. The molecule has 1 saturated heterocycles. The van der Waals surface area contributed by atoms with Gasteiger partial charge >= 0.3 is 21.6 Å². The lowest BCUT2D eigenvalue weighted by atomic mass is 9.82. The number of aryl methyl sites for hydroxylation is 1. The van der Waals surface area contributed by atoms with E-state index in [4.69, 9.17) is 9.47 Å². The molecule has 0 saturated carbocycles. The summed E-state index contributed by atoms with van der Waals surface area (Å²) in [6.07, 6.45) is 0.866. The van der Waals surface area contributed by atoms with Gasteiger partial charge in [-0.3, -0.25) is 4.79 Å². The highest BCUT2D eigenvalue weighted by atomic mass is 32.2. The average Bonchev–Trinajstić information content (AvgIpc) is 2.95. The summed E-state index contributed by atoms with van der Waals surface area (Å²) < 4.78 is 109. The summed E-state index contributed by atoms with van der Waals surface area (Å²) >= 11 is 0. The lowest BCUT2D eigenvalue weighted by Crippen LogP contribution is -2.38. The Balaban J connectivity index is 1.84.